The van der Waals surface area contributed by atoms with E-state index in [0.717, 1.165) is 61.8 Å². The molecule has 0 fully saturated rings. The fraction of sp³-hybridized carbons (Fsp3) is 0.300. The number of nitrogens with zero attached hydrogens (tertiary/aromatic N) is 2. The lowest BCUT2D eigenvalue weighted by atomic mass is 9.82. The topological polar surface area (TPSA) is 61.2 Å². The molecular formula is C30H30N2O3. The van der Waals surface area contributed by atoms with Crippen molar-refractivity contribution in [2.24, 2.45) is 0 Å². The SMILES string of the molecule is CCCCOC(=O)c1ccc(-n2nc(C=O)c3c2C(Cc2cccc4ccccc24)CCC3)cc1. The minimum absolute atomic E-state index is 0.254. The molecule has 0 aliphatic heterocycles. The standard InChI is InChI=1S/C30H30N2O3/c1-2-3-18-35-30(34)22-14-16-25(17-15-22)32-29-24(11-7-13-27(29)28(20-33)31-32)19-23-10-6-9-21-8-4-5-12-26(21)23/h4-6,8-10,12,14-17,20,24H,2-3,7,11,13,18-19H2,1H3. The molecule has 0 saturated heterocycles. The highest BCUT2D eigenvalue weighted by Gasteiger charge is 2.29. The Bertz CT molecular complexity index is 1350. The highest BCUT2D eigenvalue weighted by molar-refractivity contribution is 5.89. The van der Waals surface area contributed by atoms with Gasteiger partial charge in [-0.25, -0.2) is 9.48 Å². The van der Waals surface area contributed by atoms with Crippen molar-refractivity contribution in [1.82, 2.24) is 9.78 Å². The zero-order valence-corrected chi connectivity index (χ0v) is 20.1. The van der Waals surface area contributed by atoms with Gasteiger partial charge in [0.2, 0.25) is 0 Å². The van der Waals surface area contributed by atoms with Crippen LogP contribution in [0.3, 0.4) is 0 Å². The molecule has 35 heavy (non-hydrogen) atoms. The van der Waals surface area contributed by atoms with Crippen molar-refractivity contribution >= 4 is 23.0 Å². The molecule has 5 nitrogen and oxygen atoms in total. The maximum Gasteiger partial charge on any atom is 0.338 e. The van der Waals surface area contributed by atoms with Gasteiger partial charge in [0.15, 0.2) is 6.29 Å². The Balaban J connectivity index is 1.48. The van der Waals surface area contributed by atoms with E-state index in [1.807, 2.05) is 16.8 Å². The smallest absolute Gasteiger partial charge is 0.338 e. The molecule has 5 heteroatoms. The first-order chi connectivity index (χ1) is 17.2. The number of hydrogen-bond donors (Lipinski definition) is 0. The first-order valence-electron chi connectivity index (χ1n) is 12.5. The van der Waals surface area contributed by atoms with Gasteiger partial charge in [0.1, 0.15) is 5.69 Å². The molecule has 4 aromatic rings. The monoisotopic (exact) mass is 466 g/mol. The van der Waals surface area contributed by atoms with Crippen LogP contribution in [0.4, 0.5) is 0 Å². The van der Waals surface area contributed by atoms with E-state index in [9.17, 15) is 9.59 Å². The van der Waals surface area contributed by atoms with Crippen molar-refractivity contribution in [1.29, 1.82) is 0 Å². The van der Waals surface area contributed by atoms with Crippen LogP contribution >= 0.6 is 0 Å². The molecule has 178 valence electrons. The summed E-state index contributed by atoms with van der Waals surface area (Å²) in [7, 11) is 0. The van der Waals surface area contributed by atoms with Crippen LogP contribution in [0.25, 0.3) is 16.5 Å². The summed E-state index contributed by atoms with van der Waals surface area (Å²) in [5.41, 5.74) is 5.37. The van der Waals surface area contributed by atoms with E-state index >= 15 is 0 Å². The minimum atomic E-state index is -0.310. The molecule has 0 amide bonds. The molecular weight excluding hydrogens is 436 g/mol. The second-order valence-corrected chi connectivity index (χ2v) is 9.25. The maximum atomic E-state index is 12.3. The highest BCUT2D eigenvalue weighted by Crippen LogP contribution is 2.38. The summed E-state index contributed by atoms with van der Waals surface area (Å²) in [4.78, 5) is 24.2. The van der Waals surface area contributed by atoms with Crippen LogP contribution in [-0.4, -0.2) is 28.6 Å². The lowest BCUT2D eigenvalue weighted by molar-refractivity contribution is 0.0499. The van der Waals surface area contributed by atoms with Gasteiger partial charge in [-0.1, -0.05) is 55.8 Å². The summed E-state index contributed by atoms with van der Waals surface area (Å²) in [6.45, 7) is 2.50. The number of unbranched alkanes of at least 4 members (excludes halogenated alkanes) is 1. The predicted octanol–water partition coefficient (Wildman–Crippen LogP) is 6.46. The Kier molecular flexibility index (Phi) is 6.75. The van der Waals surface area contributed by atoms with Gasteiger partial charge < -0.3 is 4.74 Å². The molecule has 0 saturated carbocycles. The van der Waals surface area contributed by atoms with Crippen molar-refractivity contribution in [2.75, 3.05) is 6.61 Å². The predicted molar refractivity (Wildman–Crippen MR) is 137 cm³/mol. The van der Waals surface area contributed by atoms with Gasteiger partial charge in [-0.3, -0.25) is 4.79 Å². The van der Waals surface area contributed by atoms with E-state index in [0.29, 0.717) is 17.9 Å². The summed E-state index contributed by atoms with van der Waals surface area (Å²) in [5.74, 6) is -0.0562. The Morgan fingerprint density at radius 2 is 1.89 bits per heavy atom. The van der Waals surface area contributed by atoms with E-state index in [2.05, 4.69) is 49.4 Å². The van der Waals surface area contributed by atoms with Crippen molar-refractivity contribution in [2.45, 2.75) is 51.4 Å². The molecule has 1 aliphatic carbocycles. The average Bonchev–Trinajstić information content (AvgIpc) is 3.29. The number of benzene rings is 3. The van der Waals surface area contributed by atoms with Crippen LogP contribution in [0.5, 0.6) is 0 Å². The Morgan fingerprint density at radius 3 is 2.69 bits per heavy atom. The normalized spacial score (nSPS) is 15.1. The third kappa shape index (κ3) is 4.63. The van der Waals surface area contributed by atoms with Gasteiger partial charge in [-0.05, 0) is 72.7 Å². The first kappa shape index (κ1) is 23.0. The molecule has 0 spiro atoms. The highest BCUT2D eigenvalue weighted by atomic mass is 16.5. The van der Waals surface area contributed by atoms with E-state index in [1.165, 1.54) is 16.3 Å². The molecule has 0 bridgehead atoms. The van der Waals surface area contributed by atoms with E-state index in [1.54, 1.807) is 12.1 Å². The quantitative estimate of drug-likeness (QED) is 0.170. The molecule has 1 aromatic heterocycles. The van der Waals surface area contributed by atoms with Crippen molar-refractivity contribution in [3.8, 4) is 5.69 Å². The van der Waals surface area contributed by atoms with Gasteiger partial charge in [0.05, 0.1) is 23.6 Å². The minimum Gasteiger partial charge on any atom is -0.462 e. The number of carbonyl (C=O) groups excluding carboxylic acids is 2. The van der Waals surface area contributed by atoms with Gasteiger partial charge in [0, 0.05) is 11.5 Å². The van der Waals surface area contributed by atoms with Crippen molar-refractivity contribution in [3.63, 3.8) is 0 Å². The number of aldehydes is 1. The second kappa shape index (κ2) is 10.3. The van der Waals surface area contributed by atoms with Crippen molar-refractivity contribution in [3.05, 3.63) is 94.8 Å². The van der Waals surface area contributed by atoms with Crippen LogP contribution in [-0.2, 0) is 17.6 Å². The van der Waals surface area contributed by atoms with Gasteiger partial charge in [-0.15, -0.1) is 0 Å². The number of esters is 1. The molecule has 3 aromatic carbocycles. The second-order valence-electron chi connectivity index (χ2n) is 9.25. The Hall–Kier alpha value is -3.73. The third-order valence-corrected chi connectivity index (χ3v) is 6.96. The van der Waals surface area contributed by atoms with Gasteiger partial charge in [0.25, 0.3) is 0 Å². The summed E-state index contributed by atoms with van der Waals surface area (Å²) >= 11 is 0. The largest absolute Gasteiger partial charge is 0.462 e. The van der Waals surface area contributed by atoms with Gasteiger partial charge >= 0.3 is 5.97 Å². The first-order valence-corrected chi connectivity index (χ1v) is 12.5. The number of carbonyl (C=O) groups is 2. The maximum absolute atomic E-state index is 12.3. The zero-order valence-electron chi connectivity index (χ0n) is 20.1. The Morgan fingerprint density at radius 1 is 1.09 bits per heavy atom. The number of hydrogen-bond acceptors (Lipinski definition) is 4. The fourth-order valence-electron chi connectivity index (χ4n) is 5.18. The number of rotatable bonds is 8. The lowest BCUT2D eigenvalue weighted by Gasteiger charge is -2.25. The molecule has 1 heterocycles. The molecule has 1 unspecified atom stereocenters. The van der Waals surface area contributed by atoms with Crippen molar-refractivity contribution < 1.29 is 14.3 Å². The van der Waals surface area contributed by atoms with Crippen LogP contribution in [0, 0.1) is 0 Å². The molecule has 0 N–H and O–H groups in total. The van der Waals surface area contributed by atoms with Crippen LogP contribution < -0.4 is 0 Å². The molecule has 0 radical (unpaired) electrons. The fourth-order valence-corrected chi connectivity index (χ4v) is 5.18. The van der Waals surface area contributed by atoms with Crippen LogP contribution in [0.1, 0.15) is 76.2 Å². The van der Waals surface area contributed by atoms with E-state index in [-0.39, 0.29) is 11.9 Å². The van der Waals surface area contributed by atoms with Crippen LogP contribution in [0.2, 0.25) is 0 Å². The zero-order chi connectivity index (χ0) is 24.2. The van der Waals surface area contributed by atoms with Gasteiger partial charge in [-0.2, -0.15) is 5.10 Å². The Labute approximate surface area is 205 Å². The summed E-state index contributed by atoms with van der Waals surface area (Å²) in [6.07, 6.45) is 6.54. The summed E-state index contributed by atoms with van der Waals surface area (Å²) in [5, 5.41) is 7.22. The van der Waals surface area contributed by atoms with E-state index in [4.69, 9.17) is 9.84 Å². The number of fused-ring (bicyclic) bond motifs is 2. The number of ether oxygens (including phenoxy) is 1. The molecule has 1 atom stereocenters. The number of aromatic nitrogens is 2. The lowest BCUT2D eigenvalue weighted by Crippen LogP contribution is -2.16. The molecule has 5 rings (SSSR count). The summed E-state index contributed by atoms with van der Waals surface area (Å²) < 4.78 is 7.25. The molecule has 1 aliphatic rings. The van der Waals surface area contributed by atoms with Crippen LogP contribution in [0.15, 0.2) is 66.7 Å². The van der Waals surface area contributed by atoms with E-state index < -0.39 is 0 Å². The third-order valence-electron chi connectivity index (χ3n) is 6.96. The average molecular weight is 467 g/mol. The summed E-state index contributed by atoms with van der Waals surface area (Å²) in [6, 6.07) is 22.3.